The van der Waals surface area contributed by atoms with Crippen molar-refractivity contribution in [1.29, 1.82) is 0 Å². The van der Waals surface area contributed by atoms with Crippen LogP contribution in [0.5, 0.6) is 11.5 Å². The largest absolute Gasteiger partial charge is 0.454 e. The second-order valence-electron chi connectivity index (χ2n) is 4.95. The van der Waals surface area contributed by atoms with Crippen LogP contribution in [0, 0.1) is 13.8 Å². The molecule has 0 amide bonds. The summed E-state index contributed by atoms with van der Waals surface area (Å²) in [6, 6.07) is 8.01. The predicted octanol–water partition coefficient (Wildman–Crippen LogP) is 2.59. The molecule has 7 nitrogen and oxygen atoms in total. The van der Waals surface area contributed by atoms with Crippen LogP contribution in [0.25, 0.3) is 0 Å². The van der Waals surface area contributed by atoms with Crippen molar-refractivity contribution in [3.63, 3.8) is 0 Å². The molecule has 0 atom stereocenters. The van der Waals surface area contributed by atoms with Gasteiger partial charge in [-0.15, -0.1) is 0 Å². The third-order valence-electron chi connectivity index (χ3n) is 2.97. The monoisotopic (exact) mass is 358 g/mol. The Kier molecular flexibility index (Phi) is 4.49. The maximum absolute atomic E-state index is 11.4. The van der Waals surface area contributed by atoms with Gasteiger partial charge in [-0.1, -0.05) is 12.1 Å². The highest BCUT2D eigenvalue weighted by Crippen LogP contribution is 2.33. The number of aryl methyl sites for hydroxylation is 2. The summed E-state index contributed by atoms with van der Waals surface area (Å²) in [6.07, 6.45) is 0. The molecule has 9 heteroatoms. The fourth-order valence-electron chi connectivity index (χ4n) is 1.92. The second-order valence-corrected chi connectivity index (χ2v) is 7.73. The average Bonchev–Trinajstić information content (AvgIpc) is 2.40. The van der Waals surface area contributed by atoms with Crippen molar-refractivity contribution >= 4 is 20.2 Å². The van der Waals surface area contributed by atoms with Crippen molar-refractivity contribution in [2.24, 2.45) is 0 Å². The highest BCUT2D eigenvalue weighted by atomic mass is 32.2. The normalized spacial score (nSPS) is 12.2. The molecule has 2 aromatic rings. The first kappa shape index (κ1) is 17.4. The van der Waals surface area contributed by atoms with E-state index in [4.69, 9.17) is 4.74 Å². The molecule has 0 aliphatic heterocycles. The minimum Gasteiger partial charge on any atom is -0.454 e. The number of ether oxygens (including phenoxy) is 1. The van der Waals surface area contributed by atoms with Crippen molar-refractivity contribution in [3.8, 4) is 11.5 Å². The van der Waals surface area contributed by atoms with Crippen LogP contribution < -0.4 is 4.74 Å². The smallest absolute Gasteiger partial charge is 0.298 e. The van der Waals surface area contributed by atoms with Crippen LogP contribution in [0.1, 0.15) is 11.1 Å². The van der Waals surface area contributed by atoms with Gasteiger partial charge in [0, 0.05) is 0 Å². The van der Waals surface area contributed by atoms with Gasteiger partial charge in [-0.25, -0.2) is 0 Å². The lowest BCUT2D eigenvalue weighted by Gasteiger charge is -2.13. The molecule has 0 aromatic heterocycles. The first-order chi connectivity index (χ1) is 10.5. The molecule has 124 valence electrons. The molecule has 0 bridgehead atoms. The summed E-state index contributed by atoms with van der Waals surface area (Å²) in [4.78, 5) is -1.00. The van der Waals surface area contributed by atoms with E-state index in [9.17, 15) is 25.9 Å². The second kappa shape index (κ2) is 5.93. The van der Waals surface area contributed by atoms with Gasteiger partial charge in [0.1, 0.15) is 21.3 Å². The molecule has 0 fully saturated rings. The van der Waals surface area contributed by atoms with E-state index < -0.39 is 30.0 Å². The zero-order chi connectivity index (χ0) is 17.4. The van der Waals surface area contributed by atoms with Gasteiger partial charge >= 0.3 is 0 Å². The SMILES string of the molecule is Cc1ccc(Oc2ccc(C)cc2S(=O)(=O)O)c(S(=O)(=O)O)c1. The highest BCUT2D eigenvalue weighted by Gasteiger charge is 2.22. The van der Waals surface area contributed by atoms with Crippen LogP contribution in [0.15, 0.2) is 46.2 Å². The van der Waals surface area contributed by atoms with Gasteiger partial charge < -0.3 is 4.74 Å². The summed E-state index contributed by atoms with van der Waals surface area (Å²) in [7, 11) is -9.14. The highest BCUT2D eigenvalue weighted by molar-refractivity contribution is 7.86. The lowest BCUT2D eigenvalue weighted by Crippen LogP contribution is -2.05. The van der Waals surface area contributed by atoms with E-state index in [0.717, 1.165) is 0 Å². The van der Waals surface area contributed by atoms with Gasteiger partial charge in [-0.3, -0.25) is 9.11 Å². The molecule has 0 radical (unpaired) electrons. The zero-order valence-corrected chi connectivity index (χ0v) is 13.8. The molecule has 0 aliphatic rings. The molecule has 2 aromatic carbocycles. The Morgan fingerprint density at radius 1 is 0.739 bits per heavy atom. The Morgan fingerprint density at radius 3 is 1.39 bits per heavy atom. The van der Waals surface area contributed by atoms with Gasteiger partial charge in [0.2, 0.25) is 0 Å². The standard InChI is InChI=1S/C14H14O7S2/c1-9-3-5-11(13(7-9)22(15,16)17)21-12-6-4-10(2)8-14(12)23(18,19)20/h3-8H,1-2H3,(H,15,16,17)(H,18,19,20). The zero-order valence-electron chi connectivity index (χ0n) is 12.2. The number of rotatable bonds is 4. The molecule has 0 spiro atoms. The molecule has 2 rings (SSSR count). The quantitative estimate of drug-likeness (QED) is 0.806. The van der Waals surface area contributed by atoms with Crippen molar-refractivity contribution in [1.82, 2.24) is 0 Å². The van der Waals surface area contributed by atoms with E-state index in [0.29, 0.717) is 11.1 Å². The van der Waals surface area contributed by atoms with Crippen molar-refractivity contribution < 1.29 is 30.7 Å². The van der Waals surface area contributed by atoms with E-state index in [1.165, 1.54) is 36.4 Å². The van der Waals surface area contributed by atoms with Gasteiger partial charge in [0.15, 0.2) is 0 Å². The summed E-state index contributed by atoms with van der Waals surface area (Å²) in [5.41, 5.74) is 1.12. The Balaban J connectivity index is 2.62. The topological polar surface area (TPSA) is 118 Å². The molecule has 0 unspecified atom stereocenters. The number of hydrogen-bond donors (Lipinski definition) is 2. The van der Waals surface area contributed by atoms with Gasteiger partial charge in [0.05, 0.1) is 0 Å². The minimum atomic E-state index is -4.57. The Morgan fingerprint density at radius 2 is 1.09 bits per heavy atom. The van der Waals surface area contributed by atoms with E-state index in [2.05, 4.69) is 0 Å². The molecular weight excluding hydrogens is 344 g/mol. The van der Waals surface area contributed by atoms with Gasteiger partial charge in [-0.05, 0) is 49.2 Å². The average molecular weight is 358 g/mol. The molecular formula is C14H14O7S2. The van der Waals surface area contributed by atoms with Crippen molar-refractivity contribution in [2.75, 3.05) is 0 Å². The van der Waals surface area contributed by atoms with E-state index in [-0.39, 0.29) is 11.5 Å². The Hall–Kier alpha value is -1.94. The molecule has 0 aliphatic carbocycles. The van der Waals surface area contributed by atoms with Crippen LogP contribution in [0.2, 0.25) is 0 Å². The first-order valence-electron chi connectivity index (χ1n) is 6.32. The summed E-state index contributed by atoms with van der Waals surface area (Å²) in [5, 5.41) is 0. The maximum atomic E-state index is 11.4. The van der Waals surface area contributed by atoms with Crippen LogP contribution in [0.4, 0.5) is 0 Å². The number of hydrogen-bond acceptors (Lipinski definition) is 5. The summed E-state index contributed by atoms with van der Waals surface area (Å²) < 4.78 is 69.6. The van der Waals surface area contributed by atoms with Crippen LogP contribution >= 0.6 is 0 Å². The molecule has 0 saturated carbocycles. The molecule has 2 N–H and O–H groups in total. The maximum Gasteiger partial charge on any atom is 0.298 e. The Labute approximate surface area is 134 Å². The van der Waals surface area contributed by atoms with Crippen LogP contribution in [-0.2, 0) is 20.2 Å². The minimum absolute atomic E-state index is 0.258. The van der Waals surface area contributed by atoms with Gasteiger partial charge in [0.25, 0.3) is 20.2 Å². The lowest BCUT2D eigenvalue weighted by atomic mass is 10.2. The molecule has 23 heavy (non-hydrogen) atoms. The van der Waals surface area contributed by atoms with Crippen LogP contribution in [0.3, 0.4) is 0 Å². The van der Waals surface area contributed by atoms with Gasteiger partial charge in [-0.2, -0.15) is 16.8 Å². The fourth-order valence-corrected chi connectivity index (χ4v) is 3.32. The van der Waals surface area contributed by atoms with E-state index in [1.807, 2.05) is 0 Å². The third kappa shape index (κ3) is 4.08. The molecule has 0 heterocycles. The Bertz CT molecular complexity index is 881. The predicted molar refractivity (Wildman–Crippen MR) is 82.1 cm³/mol. The van der Waals surface area contributed by atoms with E-state index in [1.54, 1.807) is 13.8 Å². The van der Waals surface area contributed by atoms with E-state index >= 15 is 0 Å². The van der Waals surface area contributed by atoms with Crippen LogP contribution in [-0.4, -0.2) is 25.9 Å². The fraction of sp³-hybridized carbons (Fsp3) is 0.143. The summed E-state index contributed by atoms with van der Waals surface area (Å²) >= 11 is 0. The van der Waals surface area contributed by atoms with Crippen molar-refractivity contribution in [3.05, 3.63) is 47.5 Å². The lowest BCUT2D eigenvalue weighted by molar-refractivity contribution is 0.434. The van der Waals surface area contributed by atoms with Crippen molar-refractivity contribution in [2.45, 2.75) is 23.6 Å². The molecule has 0 saturated heterocycles. The summed E-state index contributed by atoms with van der Waals surface area (Å²) in [6.45, 7) is 3.24. The first-order valence-corrected chi connectivity index (χ1v) is 9.20. The third-order valence-corrected chi connectivity index (χ3v) is 4.72. The number of benzene rings is 2. The summed E-state index contributed by atoms with van der Waals surface area (Å²) in [5.74, 6) is -0.515.